The molecule has 4 heteroatoms. The number of nitrogens with one attached hydrogen (secondary N) is 1. The van der Waals surface area contributed by atoms with Crippen LogP contribution in [0.4, 0.5) is 0 Å². The third-order valence-electron chi connectivity index (χ3n) is 2.64. The van der Waals surface area contributed by atoms with E-state index in [2.05, 4.69) is 27.8 Å². The van der Waals surface area contributed by atoms with Gasteiger partial charge in [-0.25, -0.2) is 0 Å². The summed E-state index contributed by atoms with van der Waals surface area (Å²) in [6, 6.07) is 7.75. The van der Waals surface area contributed by atoms with Crippen molar-refractivity contribution in [3.05, 3.63) is 52.7 Å². The van der Waals surface area contributed by atoms with Gasteiger partial charge in [-0.1, -0.05) is 46.8 Å². The molecule has 0 saturated carbocycles. The van der Waals surface area contributed by atoms with Crippen LogP contribution in [0.2, 0.25) is 0 Å². The summed E-state index contributed by atoms with van der Waals surface area (Å²) >= 11 is 3.49. The molecule has 1 amide bonds. The summed E-state index contributed by atoms with van der Waals surface area (Å²) in [5, 5.41) is 2.88. The van der Waals surface area contributed by atoms with E-state index in [0.717, 1.165) is 21.5 Å². The van der Waals surface area contributed by atoms with E-state index < -0.39 is 0 Å². The molecule has 94 valence electrons. The smallest absolute Gasteiger partial charge is 0.224 e. The van der Waals surface area contributed by atoms with E-state index in [1.165, 1.54) is 0 Å². The summed E-state index contributed by atoms with van der Waals surface area (Å²) in [4.78, 5) is 11.5. The summed E-state index contributed by atoms with van der Waals surface area (Å²) in [5.41, 5.74) is 1.69. The lowest BCUT2D eigenvalue weighted by Crippen LogP contribution is -2.28. The van der Waals surface area contributed by atoms with Gasteiger partial charge in [0.1, 0.15) is 12.4 Å². The van der Waals surface area contributed by atoms with Crippen molar-refractivity contribution in [1.82, 2.24) is 5.32 Å². The molecule has 1 aromatic carbocycles. The van der Waals surface area contributed by atoms with Gasteiger partial charge in [-0.3, -0.25) is 4.79 Å². The Hall–Kier alpha value is -1.55. The van der Waals surface area contributed by atoms with Crippen molar-refractivity contribution < 1.29 is 9.53 Å². The largest absolute Gasteiger partial charge is 0.492 e. The molecule has 1 aromatic rings. The van der Waals surface area contributed by atoms with Crippen LogP contribution in [0.1, 0.15) is 18.4 Å². The van der Waals surface area contributed by atoms with Crippen LogP contribution in [-0.4, -0.2) is 12.5 Å². The first-order valence-electron chi connectivity index (χ1n) is 5.74. The van der Waals surface area contributed by atoms with E-state index >= 15 is 0 Å². The van der Waals surface area contributed by atoms with Gasteiger partial charge < -0.3 is 10.1 Å². The maximum Gasteiger partial charge on any atom is 0.224 e. The molecule has 0 unspecified atom stereocenters. The summed E-state index contributed by atoms with van der Waals surface area (Å²) in [7, 11) is 0. The number of amides is 1. The summed E-state index contributed by atoms with van der Waals surface area (Å²) in [6.07, 6.45) is 2.78. The van der Waals surface area contributed by atoms with Gasteiger partial charge in [0, 0.05) is 22.9 Å². The molecule has 2 rings (SSSR count). The standard InChI is InChI=1S/C14H14BrNO2/c1-2-9-18-12-7-8-13(17)16-14(12)10-5-3-4-6-11(10)15/h2-6H,1,7-9H2,(H,16,17). The predicted molar refractivity (Wildman–Crippen MR) is 74.6 cm³/mol. The highest BCUT2D eigenvalue weighted by molar-refractivity contribution is 9.10. The molecule has 0 saturated heterocycles. The molecule has 0 spiro atoms. The Labute approximate surface area is 115 Å². The second kappa shape index (κ2) is 5.87. The minimum atomic E-state index is 0.0201. The summed E-state index contributed by atoms with van der Waals surface area (Å²) in [5.74, 6) is 0.827. The monoisotopic (exact) mass is 307 g/mol. The summed E-state index contributed by atoms with van der Waals surface area (Å²) < 4.78 is 6.56. The average molecular weight is 308 g/mol. The van der Waals surface area contributed by atoms with Crippen LogP contribution in [0.3, 0.4) is 0 Å². The zero-order chi connectivity index (χ0) is 13.0. The SMILES string of the molecule is C=CCOC1=C(c2ccccc2Br)NC(=O)CC1. The van der Waals surface area contributed by atoms with Gasteiger partial charge in [-0.15, -0.1) is 0 Å². The van der Waals surface area contributed by atoms with Crippen LogP contribution < -0.4 is 5.32 Å². The molecule has 0 radical (unpaired) electrons. The Morgan fingerprint density at radius 2 is 2.17 bits per heavy atom. The van der Waals surface area contributed by atoms with Crippen molar-refractivity contribution in [3.8, 4) is 0 Å². The molecular formula is C14H14BrNO2. The molecular weight excluding hydrogens is 294 g/mol. The average Bonchev–Trinajstić information content (AvgIpc) is 2.38. The quantitative estimate of drug-likeness (QED) is 0.867. The second-order valence-electron chi connectivity index (χ2n) is 3.93. The van der Waals surface area contributed by atoms with Crippen LogP contribution in [0.5, 0.6) is 0 Å². The first kappa shape index (κ1) is 12.9. The van der Waals surface area contributed by atoms with Crippen molar-refractivity contribution in [1.29, 1.82) is 0 Å². The maximum atomic E-state index is 11.5. The molecule has 1 heterocycles. The minimum Gasteiger partial charge on any atom is -0.492 e. The van der Waals surface area contributed by atoms with E-state index in [1.807, 2.05) is 24.3 Å². The van der Waals surface area contributed by atoms with Crippen molar-refractivity contribution in [2.75, 3.05) is 6.61 Å². The van der Waals surface area contributed by atoms with Crippen LogP contribution in [0, 0.1) is 0 Å². The molecule has 1 aliphatic rings. The van der Waals surface area contributed by atoms with Gasteiger partial charge >= 0.3 is 0 Å². The van der Waals surface area contributed by atoms with E-state index in [4.69, 9.17) is 4.74 Å². The Kier molecular flexibility index (Phi) is 4.20. The maximum absolute atomic E-state index is 11.5. The van der Waals surface area contributed by atoms with Gasteiger partial charge in [0.15, 0.2) is 0 Å². The van der Waals surface area contributed by atoms with Gasteiger partial charge in [0.25, 0.3) is 0 Å². The second-order valence-corrected chi connectivity index (χ2v) is 4.78. The topological polar surface area (TPSA) is 38.3 Å². The molecule has 0 aromatic heterocycles. The van der Waals surface area contributed by atoms with E-state index in [-0.39, 0.29) is 5.91 Å². The minimum absolute atomic E-state index is 0.0201. The number of carbonyl (C=O) groups is 1. The van der Waals surface area contributed by atoms with E-state index in [1.54, 1.807) is 6.08 Å². The van der Waals surface area contributed by atoms with Crippen molar-refractivity contribution in [2.45, 2.75) is 12.8 Å². The number of allylic oxidation sites excluding steroid dienone is 1. The lowest BCUT2D eigenvalue weighted by molar-refractivity contribution is -0.120. The molecule has 0 atom stereocenters. The van der Waals surface area contributed by atoms with E-state index in [9.17, 15) is 4.79 Å². The fourth-order valence-corrected chi connectivity index (χ4v) is 2.29. The molecule has 3 nitrogen and oxygen atoms in total. The highest BCUT2D eigenvalue weighted by atomic mass is 79.9. The molecule has 1 N–H and O–H groups in total. The number of rotatable bonds is 4. The van der Waals surface area contributed by atoms with E-state index in [0.29, 0.717) is 19.4 Å². The molecule has 1 aliphatic heterocycles. The van der Waals surface area contributed by atoms with Crippen molar-refractivity contribution in [3.63, 3.8) is 0 Å². The van der Waals surface area contributed by atoms with Gasteiger partial charge in [-0.05, 0) is 6.07 Å². The number of hydrogen-bond acceptors (Lipinski definition) is 2. The highest BCUT2D eigenvalue weighted by Gasteiger charge is 2.21. The highest BCUT2D eigenvalue weighted by Crippen LogP contribution is 2.29. The fourth-order valence-electron chi connectivity index (χ4n) is 1.81. The number of halogens is 1. The van der Waals surface area contributed by atoms with Crippen molar-refractivity contribution >= 4 is 27.5 Å². The number of ether oxygens (including phenoxy) is 1. The van der Waals surface area contributed by atoms with Crippen LogP contribution in [0.25, 0.3) is 5.70 Å². The molecule has 18 heavy (non-hydrogen) atoms. The Bertz CT molecular complexity index is 508. The summed E-state index contributed by atoms with van der Waals surface area (Å²) in [6.45, 7) is 4.07. The lowest BCUT2D eigenvalue weighted by atomic mass is 10.0. The Balaban J connectivity index is 2.40. The van der Waals surface area contributed by atoms with Gasteiger partial charge in [-0.2, -0.15) is 0 Å². The first-order valence-corrected chi connectivity index (χ1v) is 6.53. The van der Waals surface area contributed by atoms with Crippen LogP contribution in [0.15, 0.2) is 47.2 Å². The third kappa shape index (κ3) is 2.82. The molecule has 0 bridgehead atoms. The first-order chi connectivity index (χ1) is 8.72. The number of carbonyl (C=O) groups excluding carboxylic acids is 1. The Morgan fingerprint density at radius 3 is 2.89 bits per heavy atom. The van der Waals surface area contributed by atoms with Gasteiger partial charge in [0.05, 0.1) is 5.70 Å². The van der Waals surface area contributed by atoms with Crippen LogP contribution >= 0.6 is 15.9 Å². The van der Waals surface area contributed by atoms with Crippen molar-refractivity contribution in [2.24, 2.45) is 0 Å². The van der Waals surface area contributed by atoms with Crippen LogP contribution in [-0.2, 0) is 9.53 Å². The normalized spacial score (nSPS) is 15.3. The molecule has 0 fully saturated rings. The third-order valence-corrected chi connectivity index (χ3v) is 3.33. The zero-order valence-corrected chi connectivity index (χ0v) is 11.5. The zero-order valence-electron chi connectivity index (χ0n) is 9.91. The molecule has 0 aliphatic carbocycles. The lowest BCUT2D eigenvalue weighted by Gasteiger charge is -2.22. The van der Waals surface area contributed by atoms with Gasteiger partial charge in [0.2, 0.25) is 5.91 Å². The Morgan fingerprint density at radius 1 is 1.39 bits per heavy atom. The number of hydrogen-bond donors (Lipinski definition) is 1. The number of benzene rings is 1. The predicted octanol–water partition coefficient (Wildman–Crippen LogP) is 3.23. The fraction of sp³-hybridized carbons (Fsp3) is 0.214.